The first-order valence-corrected chi connectivity index (χ1v) is 9.77. The van der Waals surface area contributed by atoms with Gasteiger partial charge >= 0.3 is 0 Å². The zero-order valence-corrected chi connectivity index (χ0v) is 18.8. The second-order valence-electron chi connectivity index (χ2n) is 6.76. The third-order valence-corrected chi connectivity index (χ3v) is 4.74. The van der Waals surface area contributed by atoms with Crippen molar-refractivity contribution in [3.63, 3.8) is 0 Å². The van der Waals surface area contributed by atoms with Crippen molar-refractivity contribution in [2.75, 3.05) is 43.4 Å². The molecule has 3 N–H and O–H groups in total. The summed E-state index contributed by atoms with van der Waals surface area (Å²) in [4.78, 5) is 11.1. The molecule has 2 aromatic rings. The minimum atomic E-state index is 0. The first-order chi connectivity index (χ1) is 13.3. The first kappa shape index (κ1) is 22.3. The van der Waals surface area contributed by atoms with Gasteiger partial charge in [-0.25, -0.2) is 4.98 Å². The molecule has 0 aliphatic carbocycles. The summed E-state index contributed by atoms with van der Waals surface area (Å²) in [5.74, 6) is 1.83. The van der Waals surface area contributed by atoms with Crippen LogP contribution in [0.1, 0.15) is 19.3 Å². The Morgan fingerprint density at radius 2 is 1.89 bits per heavy atom. The van der Waals surface area contributed by atoms with E-state index in [2.05, 4.69) is 61.2 Å². The SMILES string of the molecule is CN=C(NCCCCNc1ccccn1)NC1CCN(c2ccccc2)C1.I. The van der Waals surface area contributed by atoms with Gasteiger partial charge in [0.1, 0.15) is 5.82 Å². The monoisotopic (exact) mass is 494 g/mol. The third-order valence-electron chi connectivity index (χ3n) is 4.74. The largest absolute Gasteiger partial charge is 0.370 e. The Morgan fingerprint density at radius 3 is 2.64 bits per heavy atom. The van der Waals surface area contributed by atoms with E-state index < -0.39 is 0 Å². The number of aromatic nitrogens is 1. The van der Waals surface area contributed by atoms with Crippen LogP contribution in [-0.4, -0.2) is 50.2 Å². The average molecular weight is 494 g/mol. The maximum Gasteiger partial charge on any atom is 0.191 e. The van der Waals surface area contributed by atoms with Gasteiger partial charge in [-0.1, -0.05) is 24.3 Å². The lowest BCUT2D eigenvalue weighted by Crippen LogP contribution is -2.44. The molecule has 1 fully saturated rings. The summed E-state index contributed by atoms with van der Waals surface area (Å²) in [6.07, 6.45) is 5.11. The van der Waals surface area contributed by atoms with Gasteiger partial charge in [0.25, 0.3) is 0 Å². The highest BCUT2D eigenvalue weighted by molar-refractivity contribution is 14.0. The van der Waals surface area contributed by atoms with Crippen LogP contribution in [-0.2, 0) is 0 Å². The van der Waals surface area contributed by atoms with Crippen LogP contribution in [0.3, 0.4) is 0 Å². The molecule has 1 atom stereocenters. The molecule has 3 rings (SSSR count). The van der Waals surface area contributed by atoms with E-state index in [4.69, 9.17) is 0 Å². The summed E-state index contributed by atoms with van der Waals surface area (Å²) in [5.41, 5.74) is 1.30. The van der Waals surface area contributed by atoms with Crippen LogP contribution in [0.2, 0.25) is 0 Å². The van der Waals surface area contributed by atoms with E-state index >= 15 is 0 Å². The number of rotatable bonds is 8. The van der Waals surface area contributed by atoms with Crippen molar-refractivity contribution in [3.8, 4) is 0 Å². The van der Waals surface area contributed by atoms with Crippen molar-refractivity contribution < 1.29 is 0 Å². The smallest absolute Gasteiger partial charge is 0.191 e. The number of pyridine rings is 1. The number of hydrogen-bond acceptors (Lipinski definition) is 4. The Bertz CT molecular complexity index is 695. The third kappa shape index (κ3) is 7.18. The predicted octanol–water partition coefficient (Wildman–Crippen LogP) is 3.34. The summed E-state index contributed by atoms with van der Waals surface area (Å²) in [6.45, 7) is 3.94. The molecule has 0 saturated carbocycles. The zero-order valence-electron chi connectivity index (χ0n) is 16.5. The van der Waals surface area contributed by atoms with Crippen LogP contribution in [0.5, 0.6) is 0 Å². The number of nitrogens with one attached hydrogen (secondary N) is 3. The second-order valence-corrected chi connectivity index (χ2v) is 6.76. The maximum absolute atomic E-state index is 4.36. The number of benzene rings is 1. The van der Waals surface area contributed by atoms with Gasteiger partial charge in [0.15, 0.2) is 5.96 Å². The van der Waals surface area contributed by atoms with Crippen molar-refractivity contribution >= 4 is 41.4 Å². The highest BCUT2D eigenvalue weighted by atomic mass is 127. The normalized spacial score (nSPS) is 16.4. The fraction of sp³-hybridized carbons (Fsp3) is 0.429. The van der Waals surface area contributed by atoms with Crippen molar-refractivity contribution in [2.45, 2.75) is 25.3 Å². The number of unbranched alkanes of at least 4 members (excludes halogenated alkanes) is 1. The fourth-order valence-corrected chi connectivity index (χ4v) is 3.28. The Labute approximate surface area is 185 Å². The molecule has 1 unspecified atom stereocenters. The lowest BCUT2D eigenvalue weighted by atomic mass is 10.2. The predicted molar refractivity (Wildman–Crippen MR) is 129 cm³/mol. The van der Waals surface area contributed by atoms with E-state index in [0.29, 0.717) is 6.04 Å². The quantitative estimate of drug-likeness (QED) is 0.228. The minimum Gasteiger partial charge on any atom is -0.370 e. The molecule has 1 saturated heterocycles. The number of para-hydroxylation sites is 1. The van der Waals surface area contributed by atoms with E-state index in [1.54, 1.807) is 0 Å². The summed E-state index contributed by atoms with van der Waals surface area (Å²) in [6, 6.07) is 17.0. The van der Waals surface area contributed by atoms with Crippen LogP contribution in [0.25, 0.3) is 0 Å². The Kier molecular flexibility index (Phi) is 9.88. The Hall–Kier alpha value is -2.03. The van der Waals surface area contributed by atoms with Gasteiger partial charge in [-0.2, -0.15) is 0 Å². The molecule has 2 heterocycles. The lowest BCUT2D eigenvalue weighted by molar-refractivity contribution is 0.639. The van der Waals surface area contributed by atoms with E-state index in [-0.39, 0.29) is 24.0 Å². The molecule has 152 valence electrons. The number of hydrogen-bond donors (Lipinski definition) is 3. The Balaban J connectivity index is 0.00000280. The van der Waals surface area contributed by atoms with E-state index in [0.717, 1.165) is 57.2 Å². The van der Waals surface area contributed by atoms with E-state index in [9.17, 15) is 0 Å². The summed E-state index contributed by atoms with van der Waals surface area (Å²) in [5, 5.41) is 10.3. The van der Waals surface area contributed by atoms with Gasteiger partial charge < -0.3 is 20.9 Å². The maximum atomic E-state index is 4.36. The summed E-state index contributed by atoms with van der Waals surface area (Å²) < 4.78 is 0. The van der Waals surface area contributed by atoms with Crippen molar-refractivity contribution in [2.24, 2.45) is 4.99 Å². The van der Waals surface area contributed by atoms with Crippen LogP contribution in [0.4, 0.5) is 11.5 Å². The average Bonchev–Trinajstić information content (AvgIpc) is 3.19. The topological polar surface area (TPSA) is 64.6 Å². The molecule has 1 aromatic carbocycles. The summed E-state index contributed by atoms with van der Waals surface area (Å²) in [7, 11) is 1.84. The molecule has 6 nitrogen and oxygen atoms in total. The molecule has 1 aliphatic rings. The highest BCUT2D eigenvalue weighted by Crippen LogP contribution is 2.19. The van der Waals surface area contributed by atoms with Crippen molar-refractivity contribution in [3.05, 3.63) is 54.7 Å². The molecule has 1 aromatic heterocycles. The van der Waals surface area contributed by atoms with Gasteiger partial charge in [0, 0.05) is 51.2 Å². The molecule has 0 bridgehead atoms. The van der Waals surface area contributed by atoms with Gasteiger partial charge in [-0.3, -0.25) is 4.99 Å². The van der Waals surface area contributed by atoms with Gasteiger partial charge in [0.2, 0.25) is 0 Å². The van der Waals surface area contributed by atoms with Gasteiger partial charge in [-0.15, -0.1) is 24.0 Å². The fourth-order valence-electron chi connectivity index (χ4n) is 3.28. The Morgan fingerprint density at radius 1 is 1.11 bits per heavy atom. The van der Waals surface area contributed by atoms with Gasteiger partial charge in [-0.05, 0) is 43.5 Å². The molecule has 0 amide bonds. The number of aliphatic imine (C=N–C) groups is 1. The molecular formula is C21H31IN6. The number of anilines is 2. The van der Waals surface area contributed by atoms with Crippen LogP contribution < -0.4 is 20.9 Å². The molecule has 1 aliphatic heterocycles. The lowest BCUT2D eigenvalue weighted by Gasteiger charge is -2.20. The van der Waals surface area contributed by atoms with Crippen LogP contribution in [0, 0.1) is 0 Å². The number of nitrogens with zero attached hydrogens (tertiary/aromatic N) is 3. The van der Waals surface area contributed by atoms with Crippen LogP contribution >= 0.6 is 24.0 Å². The van der Waals surface area contributed by atoms with Crippen molar-refractivity contribution in [1.29, 1.82) is 0 Å². The molecule has 7 heteroatoms. The van der Waals surface area contributed by atoms with E-state index in [1.807, 2.05) is 31.4 Å². The van der Waals surface area contributed by atoms with E-state index in [1.165, 1.54) is 5.69 Å². The number of guanidine groups is 1. The zero-order chi connectivity index (χ0) is 18.7. The second kappa shape index (κ2) is 12.4. The molecule has 0 spiro atoms. The molecule has 28 heavy (non-hydrogen) atoms. The van der Waals surface area contributed by atoms with Crippen LogP contribution in [0.15, 0.2) is 59.7 Å². The molecule has 0 radical (unpaired) electrons. The molecular weight excluding hydrogens is 463 g/mol. The standard InChI is InChI=1S/C21H30N6.HI/c1-22-21(25-15-8-7-14-24-20-11-5-6-13-23-20)26-18-12-16-27(17-18)19-9-3-2-4-10-19;/h2-6,9-11,13,18H,7-8,12,14-17H2,1H3,(H,23,24)(H2,22,25,26);1H. The summed E-state index contributed by atoms with van der Waals surface area (Å²) >= 11 is 0. The minimum absolute atomic E-state index is 0. The van der Waals surface area contributed by atoms with Gasteiger partial charge in [0.05, 0.1) is 0 Å². The first-order valence-electron chi connectivity index (χ1n) is 9.77. The number of halogens is 1. The van der Waals surface area contributed by atoms with Crippen molar-refractivity contribution in [1.82, 2.24) is 15.6 Å². The highest BCUT2D eigenvalue weighted by Gasteiger charge is 2.23.